The zero-order chi connectivity index (χ0) is 15.3. The number of hydrogen-bond donors (Lipinski definition) is 1. The normalized spacial score (nSPS) is 10.8. The van der Waals surface area contributed by atoms with E-state index < -0.39 is 6.36 Å². The standard InChI is InChI=1S/C16H12F3NO/c1-2-12-6-5-8-14(10-12)20-11-13-7-3-4-9-15(13)21-16(17,18)19/h1,3-10,20H,11H2. The number of benzene rings is 2. The molecule has 0 aliphatic heterocycles. The summed E-state index contributed by atoms with van der Waals surface area (Å²) < 4.78 is 40.9. The third kappa shape index (κ3) is 4.46. The lowest BCUT2D eigenvalue weighted by molar-refractivity contribution is -0.274. The lowest BCUT2D eigenvalue weighted by atomic mass is 10.1. The maximum atomic E-state index is 12.3. The van der Waals surface area contributed by atoms with Crippen LogP contribution in [0.4, 0.5) is 18.9 Å². The van der Waals surface area contributed by atoms with Crippen LogP contribution in [0.2, 0.25) is 0 Å². The Morgan fingerprint density at radius 1 is 1.10 bits per heavy atom. The molecule has 0 aliphatic rings. The first-order valence-electron chi connectivity index (χ1n) is 6.12. The number of rotatable bonds is 4. The zero-order valence-corrected chi connectivity index (χ0v) is 10.9. The number of anilines is 1. The van der Waals surface area contributed by atoms with Crippen LogP contribution in [0.3, 0.4) is 0 Å². The summed E-state index contributed by atoms with van der Waals surface area (Å²) >= 11 is 0. The molecule has 0 amide bonds. The van der Waals surface area contributed by atoms with Crippen LogP contribution in [-0.2, 0) is 6.54 Å². The molecule has 0 aromatic heterocycles. The molecule has 0 saturated heterocycles. The molecule has 0 atom stereocenters. The molecular formula is C16H12F3NO. The van der Waals surface area contributed by atoms with Crippen LogP contribution in [0.5, 0.6) is 5.75 Å². The number of terminal acetylenes is 1. The number of halogens is 3. The monoisotopic (exact) mass is 291 g/mol. The maximum Gasteiger partial charge on any atom is 0.573 e. The van der Waals surface area contributed by atoms with E-state index in [9.17, 15) is 13.2 Å². The van der Waals surface area contributed by atoms with Crippen LogP contribution in [0.1, 0.15) is 11.1 Å². The molecular weight excluding hydrogens is 279 g/mol. The van der Waals surface area contributed by atoms with Crippen molar-refractivity contribution in [3.63, 3.8) is 0 Å². The van der Waals surface area contributed by atoms with E-state index in [1.807, 2.05) is 0 Å². The third-order valence-electron chi connectivity index (χ3n) is 2.71. The Morgan fingerprint density at radius 3 is 2.57 bits per heavy atom. The van der Waals surface area contributed by atoms with Crippen molar-refractivity contribution in [2.75, 3.05) is 5.32 Å². The molecule has 2 aromatic rings. The summed E-state index contributed by atoms with van der Waals surface area (Å²) in [7, 11) is 0. The third-order valence-corrected chi connectivity index (χ3v) is 2.71. The summed E-state index contributed by atoms with van der Waals surface area (Å²) in [5, 5.41) is 3.02. The Balaban J connectivity index is 2.11. The highest BCUT2D eigenvalue weighted by molar-refractivity contribution is 5.51. The average Bonchev–Trinajstić information content (AvgIpc) is 2.45. The summed E-state index contributed by atoms with van der Waals surface area (Å²) in [4.78, 5) is 0. The first-order chi connectivity index (χ1) is 9.98. The summed E-state index contributed by atoms with van der Waals surface area (Å²) in [6, 6.07) is 13.1. The van der Waals surface area contributed by atoms with Crippen molar-refractivity contribution in [2.24, 2.45) is 0 Å². The van der Waals surface area contributed by atoms with Gasteiger partial charge in [0.05, 0.1) is 0 Å². The molecule has 21 heavy (non-hydrogen) atoms. The zero-order valence-electron chi connectivity index (χ0n) is 10.9. The lowest BCUT2D eigenvalue weighted by Crippen LogP contribution is -2.18. The van der Waals surface area contributed by atoms with Gasteiger partial charge in [0.1, 0.15) is 5.75 Å². The first-order valence-corrected chi connectivity index (χ1v) is 6.12. The molecule has 0 fully saturated rings. The minimum atomic E-state index is -4.71. The van der Waals surface area contributed by atoms with E-state index in [1.165, 1.54) is 12.1 Å². The summed E-state index contributed by atoms with van der Waals surface area (Å²) in [5.74, 6) is 2.28. The van der Waals surface area contributed by atoms with E-state index in [2.05, 4.69) is 16.0 Å². The van der Waals surface area contributed by atoms with E-state index in [4.69, 9.17) is 6.42 Å². The van der Waals surface area contributed by atoms with Gasteiger partial charge in [0.25, 0.3) is 0 Å². The number of alkyl halides is 3. The van der Waals surface area contributed by atoms with Gasteiger partial charge >= 0.3 is 6.36 Å². The van der Waals surface area contributed by atoms with Gasteiger partial charge in [-0.1, -0.05) is 30.2 Å². The van der Waals surface area contributed by atoms with Gasteiger partial charge < -0.3 is 10.1 Å². The average molecular weight is 291 g/mol. The number of hydrogen-bond acceptors (Lipinski definition) is 2. The molecule has 0 heterocycles. The summed E-state index contributed by atoms with van der Waals surface area (Å²) in [6.45, 7) is 0.195. The van der Waals surface area contributed by atoms with Crippen LogP contribution < -0.4 is 10.1 Å². The predicted molar refractivity (Wildman–Crippen MR) is 74.8 cm³/mol. The van der Waals surface area contributed by atoms with Crippen LogP contribution in [-0.4, -0.2) is 6.36 Å². The molecule has 2 aromatic carbocycles. The predicted octanol–water partition coefficient (Wildman–Crippen LogP) is 4.18. The molecule has 1 N–H and O–H groups in total. The van der Waals surface area contributed by atoms with Gasteiger partial charge in [-0.3, -0.25) is 0 Å². The fourth-order valence-corrected chi connectivity index (χ4v) is 1.79. The fraction of sp³-hybridized carbons (Fsp3) is 0.125. The molecule has 0 unspecified atom stereocenters. The van der Waals surface area contributed by atoms with Crippen LogP contribution in [0.15, 0.2) is 48.5 Å². The minimum absolute atomic E-state index is 0.195. The quantitative estimate of drug-likeness (QED) is 0.853. The molecule has 0 radical (unpaired) electrons. The smallest absolute Gasteiger partial charge is 0.405 e. The second-order valence-electron chi connectivity index (χ2n) is 4.23. The second-order valence-corrected chi connectivity index (χ2v) is 4.23. The van der Waals surface area contributed by atoms with Crippen molar-refractivity contribution in [1.29, 1.82) is 0 Å². The van der Waals surface area contributed by atoms with Crippen molar-refractivity contribution < 1.29 is 17.9 Å². The van der Waals surface area contributed by atoms with E-state index in [0.717, 1.165) is 5.69 Å². The van der Waals surface area contributed by atoms with Gasteiger partial charge in [0, 0.05) is 23.4 Å². The maximum absolute atomic E-state index is 12.3. The molecule has 2 nitrogen and oxygen atoms in total. The fourth-order valence-electron chi connectivity index (χ4n) is 1.79. The van der Waals surface area contributed by atoms with Crippen molar-refractivity contribution in [2.45, 2.75) is 12.9 Å². The van der Waals surface area contributed by atoms with Gasteiger partial charge in [-0.2, -0.15) is 0 Å². The van der Waals surface area contributed by atoms with Crippen molar-refractivity contribution in [1.82, 2.24) is 0 Å². The van der Waals surface area contributed by atoms with E-state index in [-0.39, 0.29) is 12.3 Å². The van der Waals surface area contributed by atoms with Crippen molar-refractivity contribution in [3.05, 3.63) is 59.7 Å². The van der Waals surface area contributed by atoms with Gasteiger partial charge in [0.15, 0.2) is 0 Å². The number of nitrogens with one attached hydrogen (secondary N) is 1. The molecule has 0 bridgehead atoms. The van der Waals surface area contributed by atoms with Gasteiger partial charge in [-0.15, -0.1) is 19.6 Å². The lowest BCUT2D eigenvalue weighted by Gasteiger charge is -2.14. The molecule has 108 valence electrons. The first kappa shape index (κ1) is 14.8. The van der Waals surface area contributed by atoms with E-state index >= 15 is 0 Å². The molecule has 0 spiro atoms. The number of para-hydroxylation sites is 1. The second kappa shape index (κ2) is 6.23. The van der Waals surface area contributed by atoms with Crippen LogP contribution >= 0.6 is 0 Å². The largest absolute Gasteiger partial charge is 0.573 e. The number of ether oxygens (including phenoxy) is 1. The Labute approximate surface area is 120 Å². The highest BCUT2D eigenvalue weighted by Crippen LogP contribution is 2.26. The Bertz CT molecular complexity index is 659. The topological polar surface area (TPSA) is 21.3 Å². The van der Waals surface area contributed by atoms with Gasteiger partial charge in [-0.25, -0.2) is 0 Å². The highest BCUT2D eigenvalue weighted by atomic mass is 19.4. The minimum Gasteiger partial charge on any atom is -0.405 e. The summed E-state index contributed by atoms with van der Waals surface area (Å²) in [5.41, 5.74) is 1.83. The molecule has 5 heteroatoms. The molecule has 2 rings (SSSR count). The van der Waals surface area contributed by atoms with Crippen LogP contribution in [0.25, 0.3) is 0 Å². The highest BCUT2D eigenvalue weighted by Gasteiger charge is 2.31. The Hall–Kier alpha value is -2.61. The Morgan fingerprint density at radius 2 is 1.86 bits per heavy atom. The van der Waals surface area contributed by atoms with Crippen LogP contribution in [0, 0.1) is 12.3 Å². The Kier molecular flexibility index (Phi) is 4.39. The van der Waals surface area contributed by atoms with Crippen molar-refractivity contribution in [3.8, 4) is 18.1 Å². The van der Waals surface area contributed by atoms with Gasteiger partial charge in [-0.05, 0) is 24.3 Å². The van der Waals surface area contributed by atoms with Gasteiger partial charge in [0.2, 0.25) is 0 Å². The molecule has 0 aliphatic carbocycles. The van der Waals surface area contributed by atoms with Crippen molar-refractivity contribution >= 4 is 5.69 Å². The van der Waals surface area contributed by atoms with E-state index in [1.54, 1.807) is 36.4 Å². The SMILES string of the molecule is C#Cc1cccc(NCc2ccccc2OC(F)(F)F)c1. The summed E-state index contributed by atoms with van der Waals surface area (Å²) in [6.07, 6.45) is 0.588. The molecule has 0 saturated carbocycles. The van der Waals surface area contributed by atoms with E-state index in [0.29, 0.717) is 11.1 Å².